The van der Waals surface area contributed by atoms with E-state index in [-0.39, 0.29) is 5.91 Å². The summed E-state index contributed by atoms with van der Waals surface area (Å²) in [7, 11) is 0. The average Bonchev–Trinajstić information content (AvgIpc) is 3.13. The van der Waals surface area contributed by atoms with E-state index in [1.54, 1.807) is 0 Å². The molecule has 1 heterocycles. The number of imidazole rings is 1. The van der Waals surface area contributed by atoms with E-state index in [1.807, 2.05) is 55.5 Å². The van der Waals surface area contributed by atoms with E-state index >= 15 is 0 Å². The maximum Gasteiger partial charge on any atom is 0.251 e. The monoisotopic (exact) mass is 427 g/mol. The lowest BCUT2D eigenvalue weighted by molar-refractivity contribution is 0.0953. The van der Waals surface area contributed by atoms with Crippen LogP contribution >= 0.6 is 0 Å². The molecule has 0 fully saturated rings. The largest absolute Gasteiger partial charge is 0.491 e. The van der Waals surface area contributed by atoms with Crippen molar-refractivity contribution in [3.63, 3.8) is 0 Å². The molecule has 0 saturated heterocycles. The van der Waals surface area contributed by atoms with Gasteiger partial charge < -0.3 is 14.6 Å². The first-order chi connectivity index (χ1) is 15.5. The topological polar surface area (TPSA) is 56.2 Å². The Morgan fingerprint density at radius 3 is 2.38 bits per heavy atom. The molecular weight excluding hydrogens is 398 g/mol. The number of para-hydroxylation sites is 3. The van der Waals surface area contributed by atoms with Gasteiger partial charge in [0, 0.05) is 18.5 Å². The summed E-state index contributed by atoms with van der Waals surface area (Å²) < 4.78 is 8.34. The number of benzene rings is 3. The first kappa shape index (κ1) is 21.6. The molecule has 1 aromatic heterocycles. The molecule has 5 nitrogen and oxygen atoms in total. The van der Waals surface area contributed by atoms with Gasteiger partial charge in [0.2, 0.25) is 0 Å². The van der Waals surface area contributed by atoms with E-state index < -0.39 is 0 Å². The fraction of sp³-hybridized carbons (Fsp3) is 0.259. The zero-order chi connectivity index (χ0) is 22.5. The van der Waals surface area contributed by atoms with Gasteiger partial charge in [-0.2, -0.15) is 0 Å². The van der Waals surface area contributed by atoms with Crippen LogP contribution in [0.4, 0.5) is 0 Å². The minimum absolute atomic E-state index is 0.0517. The molecule has 3 aromatic carbocycles. The van der Waals surface area contributed by atoms with Crippen molar-refractivity contribution in [3.05, 3.63) is 94.8 Å². The fourth-order valence-corrected chi connectivity index (χ4v) is 4.04. The van der Waals surface area contributed by atoms with Crippen molar-refractivity contribution in [1.82, 2.24) is 14.9 Å². The normalized spacial score (nSPS) is 11.0. The second kappa shape index (κ2) is 9.69. The molecule has 32 heavy (non-hydrogen) atoms. The molecule has 5 heteroatoms. The van der Waals surface area contributed by atoms with Crippen LogP contribution in [0.5, 0.6) is 5.75 Å². The van der Waals surface area contributed by atoms with E-state index in [9.17, 15) is 4.79 Å². The standard InChI is InChI=1S/C27H29N3O2/c1-19-9-4-5-12-22(19)27(31)28-16-15-25-29-23-13-6-7-14-24(23)30(25)17-18-32-26-20(2)10-8-11-21(26)3/h4-14H,15-18H2,1-3H3,(H,28,31). The van der Waals surface area contributed by atoms with Crippen LogP contribution in [0.1, 0.15) is 32.9 Å². The molecule has 0 atom stereocenters. The quantitative estimate of drug-likeness (QED) is 0.430. The van der Waals surface area contributed by atoms with Crippen LogP contribution in [0.3, 0.4) is 0 Å². The number of rotatable bonds is 8. The molecule has 0 unspecified atom stereocenters. The number of carbonyl (C=O) groups excluding carboxylic acids is 1. The van der Waals surface area contributed by atoms with Crippen molar-refractivity contribution in [2.75, 3.05) is 13.2 Å². The first-order valence-corrected chi connectivity index (χ1v) is 11.0. The van der Waals surface area contributed by atoms with Crippen LogP contribution in [0.2, 0.25) is 0 Å². The van der Waals surface area contributed by atoms with Crippen molar-refractivity contribution < 1.29 is 9.53 Å². The Morgan fingerprint density at radius 1 is 0.906 bits per heavy atom. The Labute approximate surface area is 189 Å². The third-order valence-electron chi connectivity index (χ3n) is 5.73. The SMILES string of the molecule is Cc1ccccc1C(=O)NCCc1nc2ccccc2n1CCOc1c(C)cccc1C. The van der Waals surface area contributed by atoms with Crippen LogP contribution in [-0.2, 0) is 13.0 Å². The molecule has 1 N–H and O–H groups in total. The van der Waals surface area contributed by atoms with E-state index in [1.165, 1.54) is 0 Å². The number of ether oxygens (including phenoxy) is 1. The van der Waals surface area contributed by atoms with Crippen LogP contribution in [0.15, 0.2) is 66.7 Å². The van der Waals surface area contributed by atoms with Crippen molar-refractivity contribution in [3.8, 4) is 5.75 Å². The molecule has 0 bridgehead atoms. The number of amides is 1. The van der Waals surface area contributed by atoms with Crippen LogP contribution in [0, 0.1) is 20.8 Å². The molecule has 0 aliphatic carbocycles. The molecular formula is C27H29N3O2. The number of hydrogen-bond acceptors (Lipinski definition) is 3. The molecule has 1 amide bonds. The predicted octanol–water partition coefficient (Wildman–Crippen LogP) is 5.01. The van der Waals surface area contributed by atoms with E-state index in [4.69, 9.17) is 9.72 Å². The van der Waals surface area contributed by atoms with Gasteiger partial charge in [0.25, 0.3) is 5.91 Å². The van der Waals surface area contributed by atoms with Gasteiger partial charge in [-0.05, 0) is 55.7 Å². The summed E-state index contributed by atoms with van der Waals surface area (Å²) in [4.78, 5) is 17.4. The van der Waals surface area contributed by atoms with Crippen molar-refractivity contribution in [2.45, 2.75) is 33.7 Å². The van der Waals surface area contributed by atoms with Crippen LogP contribution in [0.25, 0.3) is 11.0 Å². The first-order valence-electron chi connectivity index (χ1n) is 11.0. The molecule has 0 aliphatic rings. The van der Waals surface area contributed by atoms with Crippen molar-refractivity contribution in [1.29, 1.82) is 0 Å². The van der Waals surface area contributed by atoms with Gasteiger partial charge in [-0.1, -0.05) is 48.5 Å². The van der Waals surface area contributed by atoms with Gasteiger partial charge in [0.05, 0.1) is 17.6 Å². The second-order valence-corrected chi connectivity index (χ2v) is 8.06. The maximum absolute atomic E-state index is 12.5. The third kappa shape index (κ3) is 4.67. The van der Waals surface area contributed by atoms with Crippen molar-refractivity contribution in [2.24, 2.45) is 0 Å². The highest BCUT2D eigenvalue weighted by Crippen LogP contribution is 2.23. The summed E-state index contributed by atoms with van der Waals surface area (Å²) in [5, 5.41) is 3.03. The maximum atomic E-state index is 12.5. The molecule has 4 rings (SSSR count). The number of fused-ring (bicyclic) bond motifs is 1. The van der Waals surface area contributed by atoms with Crippen LogP contribution < -0.4 is 10.1 Å². The lowest BCUT2D eigenvalue weighted by Crippen LogP contribution is -2.27. The van der Waals surface area contributed by atoms with Gasteiger partial charge in [0.1, 0.15) is 18.2 Å². The van der Waals surface area contributed by atoms with E-state index in [2.05, 4.69) is 41.9 Å². The Bertz CT molecular complexity index is 1220. The number of aryl methyl sites for hydroxylation is 3. The van der Waals surface area contributed by atoms with E-state index in [0.29, 0.717) is 31.7 Å². The van der Waals surface area contributed by atoms with Gasteiger partial charge in [-0.15, -0.1) is 0 Å². The number of nitrogens with one attached hydrogen (secondary N) is 1. The molecule has 4 aromatic rings. The van der Waals surface area contributed by atoms with Gasteiger partial charge in [-0.3, -0.25) is 4.79 Å². The zero-order valence-corrected chi connectivity index (χ0v) is 18.9. The lowest BCUT2D eigenvalue weighted by Gasteiger charge is -2.14. The Hall–Kier alpha value is -3.60. The van der Waals surface area contributed by atoms with Gasteiger partial charge in [-0.25, -0.2) is 4.98 Å². The molecule has 0 saturated carbocycles. The summed E-state index contributed by atoms with van der Waals surface area (Å²) in [5.41, 5.74) is 6.00. The highest BCUT2D eigenvalue weighted by atomic mass is 16.5. The summed E-state index contributed by atoms with van der Waals surface area (Å²) >= 11 is 0. The zero-order valence-electron chi connectivity index (χ0n) is 18.9. The van der Waals surface area contributed by atoms with Crippen LogP contribution in [-0.4, -0.2) is 28.6 Å². The molecule has 164 valence electrons. The number of aromatic nitrogens is 2. The minimum atomic E-state index is -0.0517. The highest BCUT2D eigenvalue weighted by molar-refractivity contribution is 5.95. The summed E-state index contributed by atoms with van der Waals surface area (Å²) in [6, 6.07) is 21.9. The second-order valence-electron chi connectivity index (χ2n) is 8.06. The summed E-state index contributed by atoms with van der Waals surface area (Å²) in [5.74, 6) is 1.84. The highest BCUT2D eigenvalue weighted by Gasteiger charge is 2.13. The third-order valence-corrected chi connectivity index (χ3v) is 5.73. The van der Waals surface area contributed by atoms with Gasteiger partial charge in [0.15, 0.2) is 0 Å². The predicted molar refractivity (Wildman–Crippen MR) is 128 cm³/mol. The summed E-state index contributed by atoms with van der Waals surface area (Å²) in [6.45, 7) is 7.84. The number of nitrogens with zero attached hydrogens (tertiary/aromatic N) is 2. The fourth-order valence-electron chi connectivity index (χ4n) is 4.04. The van der Waals surface area contributed by atoms with Crippen molar-refractivity contribution >= 4 is 16.9 Å². The lowest BCUT2D eigenvalue weighted by atomic mass is 10.1. The average molecular weight is 428 g/mol. The number of carbonyl (C=O) groups is 1. The Balaban J connectivity index is 1.45. The molecule has 0 spiro atoms. The summed E-state index contributed by atoms with van der Waals surface area (Å²) in [6.07, 6.45) is 0.649. The number of hydrogen-bond donors (Lipinski definition) is 1. The molecule has 0 radical (unpaired) electrons. The van der Waals surface area contributed by atoms with E-state index in [0.717, 1.165) is 39.3 Å². The minimum Gasteiger partial charge on any atom is -0.491 e. The Morgan fingerprint density at radius 2 is 1.59 bits per heavy atom. The molecule has 0 aliphatic heterocycles. The van der Waals surface area contributed by atoms with Gasteiger partial charge >= 0.3 is 0 Å². The smallest absolute Gasteiger partial charge is 0.251 e. The Kier molecular flexibility index (Phi) is 6.55.